The lowest BCUT2D eigenvalue weighted by atomic mass is 10.1. The van der Waals surface area contributed by atoms with E-state index in [0.29, 0.717) is 29.3 Å². The van der Waals surface area contributed by atoms with Crippen molar-refractivity contribution < 1.29 is 18.4 Å². The Labute approximate surface area is 289 Å². The number of benzene rings is 2. The molecular weight excluding hydrogens is 649 g/mol. The lowest BCUT2D eigenvalue weighted by molar-refractivity contribution is 0.0357. The van der Waals surface area contributed by atoms with Gasteiger partial charge in [0.2, 0.25) is 0 Å². The van der Waals surface area contributed by atoms with Gasteiger partial charge in [-0.05, 0) is 68.7 Å². The quantitative estimate of drug-likeness (QED) is 0.184. The highest BCUT2D eigenvalue weighted by molar-refractivity contribution is 7.82. The fourth-order valence-electron chi connectivity index (χ4n) is 6.79. The maximum absolute atomic E-state index is 13.0. The summed E-state index contributed by atoms with van der Waals surface area (Å²) in [6, 6.07) is 12.2. The molecule has 2 unspecified atom stereocenters. The SMILES string of the molecule is COc1cc2c(cc1OCCCN1CCOCC1)[nH]c1ncnc(N3CCN(C(=S)Nc4ccc(S(=O)N5CCCC5C)cc4)CC3)c12. The second-order valence-corrected chi connectivity index (χ2v) is 14.4. The third-order valence-corrected chi connectivity index (χ3v) is 11.5. The molecule has 2 aromatic carbocycles. The Morgan fingerprint density at radius 2 is 1.85 bits per heavy atom. The highest BCUT2D eigenvalue weighted by Crippen LogP contribution is 2.38. The topological polar surface area (TPSA) is 111 Å². The number of aromatic nitrogens is 3. The summed E-state index contributed by atoms with van der Waals surface area (Å²) in [4.78, 5) is 20.5. The molecule has 14 heteroatoms. The molecule has 3 aliphatic rings. The Morgan fingerprint density at radius 1 is 1.06 bits per heavy atom. The molecule has 2 N–H and O–H groups in total. The maximum Gasteiger partial charge on any atom is 0.173 e. The molecule has 3 aliphatic heterocycles. The van der Waals surface area contributed by atoms with Crippen LogP contribution in [0.4, 0.5) is 11.5 Å². The van der Waals surface area contributed by atoms with E-state index in [4.69, 9.17) is 31.4 Å². The van der Waals surface area contributed by atoms with Crippen molar-refractivity contribution in [2.45, 2.75) is 37.1 Å². The van der Waals surface area contributed by atoms with E-state index in [-0.39, 0.29) is 0 Å². The molecule has 7 rings (SSSR count). The van der Waals surface area contributed by atoms with Gasteiger partial charge in [0.05, 0.1) is 42.7 Å². The van der Waals surface area contributed by atoms with Crippen LogP contribution < -0.4 is 19.7 Å². The zero-order valence-corrected chi connectivity index (χ0v) is 29.3. The Balaban J connectivity index is 0.983. The van der Waals surface area contributed by atoms with E-state index in [2.05, 4.69) is 41.2 Å². The van der Waals surface area contributed by atoms with Crippen LogP contribution in [0.2, 0.25) is 0 Å². The molecule has 256 valence electrons. The molecule has 0 bridgehead atoms. The van der Waals surface area contributed by atoms with E-state index in [0.717, 1.165) is 123 Å². The number of nitrogens with zero attached hydrogens (tertiary/aromatic N) is 6. The van der Waals surface area contributed by atoms with Gasteiger partial charge in [-0.15, -0.1) is 0 Å². The van der Waals surface area contributed by atoms with E-state index in [1.807, 2.05) is 36.4 Å². The summed E-state index contributed by atoms with van der Waals surface area (Å²) in [5.41, 5.74) is 2.61. The third-order valence-electron chi connectivity index (χ3n) is 9.51. The van der Waals surface area contributed by atoms with Crippen molar-refractivity contribution >= 4 is 61.8 Å². The van der Waals surface area contributed by atoms with Gasteiger partial charge >= 0.3 is 0 Å². The fraction of sp³-hybridized carbons (Fsp3) is 0.500. The maximum atomic E-state index is 13.0. The van der Waals surface area contributed by atoms with Gasteiger partial charge in [0, 0.05) is 75.5 Å². The van der Waals surface area contributed by atoms with Crippen LogP contribution in [0.15, 0.2) is 47.6 Å². The van der Waals surface area contributed by atoms with Crippen LogP contribution in [-0.4, -0.2) is 124 Å². The monoisotopic (exact) mass is 692 g/mol. The second-order valence-electron chi connectivity index (χ2n) is 12.6. The molecule has 5 heterocycles. The number of rotatable bonds is 10. The molecule has 2 atom stereocenters. The van der Waals surface area contributed by atoms with Crippen LogP contribution in [0.25, 0.3) is 21.9 Å². The summed E-state index contributed by atoms with van der Waals surface area (Å²) in [6.45, 7) is 11.2. The number of hydrogen-bond acceptors (Lipinski definition) is 9. The molecule has 0 saturated carbocycles. The molecule has 3 saturated heterocycles. The van der Waals surface area contributed by atoms with Gasteiger partial charge in [0.1, 0.15) is 28.8 Å². The summed E-state index contributed by atoms with van der Waals surface area (Å²) >= 11 is 5.80. The highest BCUT2D eigenvalue weighted by Gasteiger charge is 2.27. The molecule has 0 spiro atoms. The molecule has 0 amide bonds. The number of ether oxygens (including phenoxy) is 3. The van der Waals surface area contributed by atoms with Crippen LogP contribution >= 0.6 is 12.2 Å². The van der Waals surface area contributed by atoms with Crippen molar-refractivity contribution in [3.8, 4) is 11.5 Å². The Hall–Kier alpha value is -3.56. The number of thiocarbonyl (C=S) groups is 1. The minimum absolute atomic E-state index is 0.348. The fourth-order valence-corrected chi connectivity index (χ4v) is 8.46. The van der Waals surface area contributed by atoms with Crippen molar-refractivity contribution in [2.24, 2.45) is 0 Å². The number of methoxy groups -OCH3 is 1. The number of morpholine rings is 1. The number of H-pyrrole nitrogens is 1. The summed E-state index contributed by atoms with van der Waals surface area (Å²) < 4.78 is 32.5. The van der Waals surface area contributed by atoms with Gasteiger partial charge in [-0.25, -0.2) is 18.5 Å². The summed E-state index contributed by atoms with van der Waals surface area (Å²) in [7, 11) is 0.542. The van der Waals surface area contributed by atoms with Gasteiger partial charge in [0.15, 0.2) is 16.6 Å². The number of hydrogen-bond donors (Lipinski definition) is 2. The van der Waals surface area contributed by atoms with E-state index < -0.39 is 11.0 Å². The van der Waals surface area contributed by atoms with Gasteiger partial charge in [-0.2, -0.15) is 0 Å². The van der Waals surface area contributed by atoms with Crippen LogP contribution in [0.5, 0.6) is 11.5 Å². The Kier molecular flexibility index (Phi) is 10.2. The zero-order chi connectivity index (χ0) is 33.0. The minimum Gasteiger partial charge on any atom is -0.493 e. The molecular formula is C34H44N8O4S2. The first-order valence-electron chi connectivity index (χ1n) is 16.9. The predicted octanol–water partition coefficient (Wildman–Crippen LogP) is 4.25. The van der Waals surface area contributed by atoms with E-state index >= 15 is 0 Å². The predicted molar refractivity (Wildman–Crippen MR) is 194 cm³/mol. The highest BCUT2D eigenvalue weighted by atomic mass is 32.2. The molecule has 12 nitrogen and oxygen atoms in total. The van der Waals surface area contributed by atoms with Crippen LogP contribution in [0.3, 0.4) is 0 Å². The smallest absolute Gasteiger partial charge is 0.173 e. The molecule has 0 aliphatic carbocycles. The lowest BCUT2D eigenvalue weighted by Gasteiger charge is -2.37. The average molecular weight is 693 g/mol. The standard InChI is InChI=1S/C34H44N8O4S2/c1-24-5-3-11-42(24)48(43)26-8-6-25(7-9-26)37-34(47)41-14-12-40(13-15-41)33-31-27-21-29(44-2)30(22-28(27)38-32(31)35-23-36-33)46-18-4-10-39-16-19-45-20-17-39/h6-9,21-24H,3-5,10-20H2,1-2H3,(H,37,47)(H,35,36,38). The van der Waals surface area contributed by atoms with Crippen molar-refractivity contribution in [1.82, 2.24) is 29.1 Å². The molecule has 3 fully saturated rings. The summed E-state index contributed by atoms with van der Waals surface area (Å²) in [5, 5.41) is 6.03. The van der Waals surface area contributed by atoms with Crippen molar-refractivity contribution in [3.63, 3.8) is 0 Å². The summed E-state index contributed by atoms with van der Waals surface area (Å²) in [5.74, 6) is 2.30. The number of anilines is 2. The number of fused-ring (bicyclic) bond motifs is 3. The molecule has 0 radical (unpaired) electrons. The van der Waals surface area contributed by atoms with Gasteiger partial charge in [-0.3, -0.25) is 4.90 Å². The minimum atomic E-state index is -1.13. The van der Waals surface area contributed by atoms with Gasteiger partial charge in [-0.1, -0.05) is 0 Å². The van der Waals surface area contributed by atoms with Crippen molar-refractivity contribution in [1.29, 1.82) is 0 Å². The van der Waals surface area contributed by atoms with Crippen molar-refractivity contribution in [3.05, 3.63) is 42.7 Å². The largest absolute Gasteiger partial charge is 0.493 e. The molecule has 2 aromatic heterocycles. The lowest BCUT2D eigenvalue weighted by Crippen LogP contribution is -2.50. The molecule has 48 heavy (non-hydrogen) atoms. The van der Waals surface area contributed by atoms with Crippen LogP contribution in [-0.2, 0) is 15.7 Å². The van der Waals surface area contributed by atoms with Crippen LogP contribution in [0, 0.1) is 0 Å². The van der Waals surface area contributed by atoms with Crippen molar-refractivity contribution in [2.75, 3.05) is 89.5 Å². The van der Waals surface area contributed by atoms with Crippen LogP contribution in [0.1, 0.15) is 26.2 Å². The second kappa shape index (κ2) is 14.9. The molecule has 4 aromatic rings. The first kappa shape index (κ1) is 33.0. The van der Waals surface area contributed by atoms with E-state index in [1.165, 1.54) is 0 Å². The first-order chi connectivity index (χ1) is 23.5. The first-order valence-corrected chi connectivity index (χ1v) is 18.4. The number of piperazine rings is 1. The Morgan fingerprint density at radius 3 is 2.58 bits per heavy atom. The van der Waals surface area contributed by atoms with E-state index in [9.17, 15) is 4.21 Å². The Bertz CT molecular complexity index is 1760. The summed E-state index contributed by atoms with van der Waals surface area (Å²) in [6.07, 6.45) is 4.74. The normalized spacial score (nSPS) is 20.0. The number of aromatic amines is 1. The van der Waals surface area contributed by atoms with E-state index in [1.54, 1.807) is 13.4 Å². The average Bonchev–Trinajstić information content (AvgIpc) is 3.72. The third kappa shape index (κ3) is 7.08. The van der Waals surface area contributed by atoms with Gasteiger partial charge in [0.25, 0.3) is 0 Å². The van der Waals surface area contributed by atoms with Gasteiger partial charge < -0.3 is 34.3 Å². The number of nitrogens with one attached hydrogen (secondary N) is 2. The zero-order valence-electron chi connectivity index (χ0n) is 27.7.